The van der Waals surface area contributed by atoms with Gasteiger partial charge in [-0.3, -0.25) is 4.90 Å². The Morgan fingerprint density at radius 3 is 2.61 bits per heavy atom. The van der Waals surface area contributed by atoms with Gasteiger partial charge in [-0.1, -0.05) is 6.92 Å². The zero-order chi connectivity index (χ0) is 13.2. The maximum Gasteiger partial charge on any atom is 0.0334 e. The summed E-state index contributed by atoms with van der Waals surface area (Å²) in [6, 6.07) is 0. The van der Waals surface area contributed by atoms with E-state index in [4.69, 9.17) is 0 Å². The first-order valence-corrected chi connectivity index (χ1v) is 8.71. The summed E-state index contributed by atoms with van der Waals surface area (Å²) in [4.78, 5) is 2.79. The highest BCUT2D eigenvalue weighted by Crippen LogP contribution is 2.44. The van der Waals surface area contributed by atoms with Gasteiger partial charge in [0.15, 0.2) is 0 Å². The highest BCUT2D eigenvalue weighted by Gasteiger charge is 2.49. The van der Waals surface area contributed by atoms with E-state index >= 15 is 0 Å². The summed E-state index contributed by atoms with van der Waals surface area (Å²) in [5.41, 5.74) is 0.707. The maximum atomic E-state index is 3.75. The van der Waals surface area contributed by atoms with Crippen molar-refractivity contribution in [3.63, 3.8) is 0 Å². The molecule has 1 saturated heterocycles. The monoisotopic (exact) mass is 270 g/mol. The van der Waals surface area contributed by atoms with Crippen molar-refractivity contribution in [3.8, 4) is 0 Å². The number of nitrogens with zero attached hydrogens (tertiary/aromatic N) is 1. The van der Waals surface area contributed by atoms with Crippen LogP contribution in [-0.2, 0) is 0 Å². The van der Waals surface area contributed by atoms with Crippen molar-refractivity contribution >= 4 is 11.8 Å². The molecular weight excluding hydrogens is 240 g/mol. The highest BCUT2D eigenvalue weighted by atomic mass is 32.2. The van der Waals surface area contributed by atoms with E-state index < -0.39 is 0 Å². The fourth-order valence-electron chi connectivity index (χ4n) is 3.19. The standard InChI is InChI=1S/C15H30N2S/c1-5-18-10-6-9-17-12-14(2,3)16-11-15(17,4)13-7-8-13/h13,16H,5-12H2,1-4H3. The van der Waals surface area contributed by atoms with Gasteiger partial charge >= 0.3 is 0 Å². The summed E-state index contributed by atoms with van der Waals surface area (Å²) >= 11 is 2.08. The average Bonchev–Trinajstić information content (AvgIpc) is 3.13. The van der Waals surface area contributed by atoms with Crippen LogP contribution in [0.15, 0.2) is 0 Å². The van der Waals surface area contributed by atoms with Crippen LogP contribution in [0.25, 0.3) is 0 Å². The van der Waals surface area contributed by atoms with Gasteiger partial charge in [-0.2, -0.15) is 11.8 Å². The average molecular weight is 270 g/mol. The molecule has 0 spiro atoms. The molecular formula is C15H30N2S. The summed E-state index contributed by atoms with van der Waals surface area (Å²) in [6.07, 6.45) is 4.23. The fraction of sp³-hybridized carbons (Fsp3) is 1.00. The second-order valence-corrected chi connectivity index (χ2v) is 8.23. The third-order valence-corrected chi connectivity index (χ3v) is 5.60. The Morgan fingerprint density at radius 2 is 2.00 bits per heavy atom. The van der Waals surface area contributed by atoms with Crippen molar-refractivity contribution in [1.82, 2.24) is 10.2 Å². The van der Waals surface area contributed by atoms with Crippen molar-refractivity contribution in [3.05, 3.63) is 0 Å². The lowest BCUT2D eigenvalue weighted by Crippen LogP contribution is -2.68. The van der Waals surface area contributed by atoms with Crippen LogP contribution in [0.1, 0.15) is 47.0 Å². The Morgan fingerprint density at radius 1 is 1.28 bits per heavy atom. The van der Waals surface area contributed by atoms with Gasteiger partial charge in [0.05, 0.1) is 0 Å². The highest BCUT2D eigenvalue weighted by molar-refractivity contribution is 7.99. The largest absolute Gasteiger partial charge is 0.309 e. The smallest absolute Gasteiger partial charge is 0.0334 e. The molecule has 1 atom stereocenters. The lowest BCUT2D eigenvalue weighted by molar-refractivity contribution is 0.0123. The van der Waals surface area contributed by atoms with Gasteiger partial charge in [-0.05, 0) is 64.0 Å². The molecule has 1 heterocycles. The van der Waals surface area contributed by atoms with Crippen molar-refractivity contribution in [1.29, 1.82) is 0 Å². The summed E-state index contributed by atoms with van der Waals surface area (Å²) < 4.78 is 0. The van der Waals surface area contributed by atoms with Crippen LogP contribution in [0.4, 0.5) is 0 Å². The van der Waals surface area contributed by atoms with Crippen molar-refractivity contribution in [2.24, 2.45) is 5.92 Å². The summed E-state index contributed by atoms with van der Waals surface area (Å²) in [5.74, 6) is 3.52. The van der Waals surface area contributed by atoms with E-state index in [0.29, 0.717) is 5.54 Å². The molecule has 3 heteroatoms. The first kappa shape index (κ1) is 14.7. The fourth-order valence-corrected chi connectivity index (χ4v) is 3.81. The normalized spacial score (nSPS) is 32.7. The molecule has 2 nitrogen and oxygen atoms in total. The second-order valence-electron chi connectivity index (χ2n) is 6.84. The van der Waals surface area contributed by atoms with Gasteiger partial charge in [0.1, 0.15) is 0 Å². The third kappa shape index (κ3) is 3.43. The second kappa shape index (κ2) is 5.72. The minimum absolute atomic E-state index is 0.284. The predicted octanol–water partition coefficient (Wildman–Crippen LogP) is 2.98. The van der Waals surface area contributed by atoms with Gasteiger partial charge in [0.2, 0.25) is 0 Å². The van der Waals surface area contributed by atoms with Crippen LogP contribution in [0, 0.1) is 5.92 Å². The van der Waals surface area contributed by atoms with Crippen molar-refractivity contribution < 1.29 is 0 Å². The van der Waals surface area contributed by atoms with Gasteiger partial charge in [-0.15, -0.1) is 0 Å². The number of hydrogen-bond donors (Lipinski definition) is 1. The van der Waals surface area contributed by atoms with Crippen LogP contribution < -0.4 is 5.32 Å². The zero-order valence-electron chi connectivity index (χ0n) is 12.6. The molecule has 0 aromatic heterocycles. The van der Waals surface area contributed by atoms with Crippen LogP contribution in [0.3, 0.4) is 0 Å². The van der Waals surface area contributed by atoms with Crippen molar-refractivity contribution in [2.45, 2.75) is 58.0 Å². The Bertz CT molecular complexity index is 276. The van der Waals surface area contributed by atoms with E-state index in [9.17, 15) is 0 Å². The van der Waals surface area contributed by atoms with Gasteiger partial charge in [-0.25, -0.2) is 0 Å². The minimum Gasteiger partial charge on any atom is -0.309 e. The van der Waals surface area contributed by atoms with Crippen LogP contribution >= 0.6 is 11.8 Å². The molecule has 1 saturated carbocycles. The lowest BCUT2D eigenvalue weighted by atomic mass is 9.86. The maximum absolute atomic E-state index is 3.75. The van der Waals surface area contributed by atoms with Gasteiger partial charge in [0, 0.05) is 24.2 Å². The molecule has 0 aromatic rings. The van der Waals surface area contributed by atoms with Crippen LogP contribution in [0.2, 0.25) is 0 Å². The molecule has 18 heavy (non-hydrogen) atoms. The molecule has 1 unspecified atom stereocenters. The van der Waals surface area contributed by atoms with Crippen molar-refractivity contribution in [2.75, 3.05) is 31.1 Å². The Labute approximate surface area is 117 Å². The molecule has 2 fully saturated rings. The molecule has 0 aromatic carbocycles. The Balaban J connectivity index is 1.92. The molecule has 106 valence electrons. The van der Waals surface area contributed by atoms with E-state index in [-0.39, 0.29) is 5.54 Å². The number of rotatable bonds is 6. The number of nitrogens with one attached hydrogen (secondary N) is 1. The summed E-state index contributed by atoms with van der Waals surface area (Å²) in [7, 11) is 0. The first-order chi connectivity index (χ1) is 8.48. The third-order valence-electron chi connectivity index (χ3n) is 4.61. The van der Waals surface area contributed by atoms with E-state index in [2.05, 4.69) is 49.7 Å². The Kier molecular flexibility index (Phi) is 4.66. The quantitative estimate of drug-likeness (QED) is 0.747. The molecule has 1 aliphatic heterocycles. The lowest BCUT2D eigenvalue weighted by Gasteiger charge is -2.52. The first-order valence-electron chi connectivity index (χ1n) is 7.56. The molecule has 2 aliphatic rings. The molecule has 1 aliphatic carbocycles. The van der Waals surface area contributed by atoms with Gasteiger partial charge in [0.25, 0.3) is 0 Å². The van der Waals surface area contributed by atoms with E-state index in [1.807, 2.05) is 0 Å². The van der Waals surface area contributed by atoms with Gasteiger partial charge < -0.3 is 5.32 Å². The Hall–Kier alpha value is 0.270. The SMILES string of the molecule is CCSCCCN1CC(C)(C)NCC1(C)C1CC1. The molecule has 0 radical (unpaired) electrons. The van der Waals surface area contributed by atoms with Crippen LogP contribution in [-0.4, -0.2) is 47.1 Å². The molecule has 0 amide bonds. The zero-order valence-corrected chi connectivity index (χ0v) is 13.4. The number of thioether (sulfide) groups is 1. The van der Waals surface area contributed by atoms with E-state index in [1.54, 1.807) is 0 Å². The molecule has 1 N–H and O–H groups in total. The number of piperazine rings is 1. The minimum atomic E-state index is 0.284. The molecule has 2 rings (SSSR count). The van der Waals surface area contributed by atoms with Crippen LogP contribution in [0.5, 0.6) is 0 Å². The van der Waals surface area contributed by atoms with E-state index in [1.165, 1.54) is 50.4 Å². The topological polar surface area (TPSA) is 15.3 Å². The van der Waals surface area contributed by atoms with E-state index in [0.717, 1.165) is 5.92 Å². The molecule has 0 bridgehead atoms. The number of hydrogen-bond acceptors (Lipinski definition) is 3. The summed E-state index contributed by atoms with van der Waals surface area (Å²) in [5, 5.41) is 3.75. The predicted molar refractivity (Wildman–Crippen MR) is 82.4 cm³/mol. The summed E-state index contributed by atoms with van der Waals surface area (Å²) in [6.45, 7) is 13.1.